The molecule has 1 saturated heterocycles. The van der Waals surface area contributed by atoms with Crippen molar-refractivity contribution in [1.29, 1.82) is 0 Å². The van der Waals surface area contributed by atoms with Gasteiger partial charge in [-0.3, -0.25) is 14.4 Å². The van der Waals surface area contributed by atoms with Crippen LogP contribution in [-0.2, 0) is 23.9 Å². The second-order valence-electron chi connectivity index (χ2n) is 10.3. The molecule has 1 heterocycles. The Morgan fingerprint density at radius 2 is 1.47 bits per heavy atom. The van der Waals surface area contributed by atoms with Crippen LogP contribution in [0.1, 0.15) is 74.7 Å². The van der Waals surface area contributed by atoms with E-state index < -0.39 is 5.41 Å². The molecule has 36 heavy (non-hydrogen) atoms. The van der Waals surface area contributed by atoms with Gasteiger partial charge in [-0.25, -0.2) is 0 Å². The molecule has 0 aromatic heterocycles. The van der Waals surface area contributed by atoms with Crippen LogP contribution in [0.4, 0.5) is 0 Å². The molecule has 0 spiro atoms. The first kappa shape index (κ1) is 33.9. The highest BCUT2D eigenvalue weighted by atomic mass is 16.5. The second kappa shape index (κ2) is 15.9. The normalized spacial score (nSPS) is 15.2. The third-order valence-corrected chi connectivity index (χ3v) is 6.03. The van der Waals surface area contributed by atoms with Gasteiger partial charge in [-0.2, -0.15) is 0 Å². The zero-order chi connectivity index (χ0) is 28.1. The fraction of sp³-hybridized carbons (Fsp3) is 0.840. The van der Waals surface area contributed by atoms with E-state index in [1.165, 1.54) is 14.7 Å². The van der Waals surface area contributed by atoms with Crippen LogP contribution in [0.2, 0.25) is 0 Å². The molecule has 1 rings (SSSR count). The smallest absolute Gasteiger partial charge is 0.239 e. The molecule has 210 valence electrons. The SMILES string of the molecule is CC.CC(=O)CCC(C)OCCC(C)(C)NCC(=O)N1CN(C(=O)CN)CN(C(=O)C(C)(C)CN)C1. The third-order valence-electron chi connectivity index (χ3n) is 6.03. The minimum absolute atomic E-state index is 0.0120. The van der Waals surface area contributed by atoms with Crippen molar-refractivity contribution >= 4 is 23.5 Å². The number of Topliss-reactive ketones (excluding diaryl/α,β-unsaturated/α-hetero) is 1. The predicted molar refractivity (Wildman–Crippen MR) is 140 cm³/mol. The highest BCUT2D eigenvalue weighted by molar-refractivity contribution is 5.85. The van der Waals surface area contributed by atoms with Crippen molar-refractivity contribution in [3.05, 3.63) is 0 Å². The van der Waals surface area contributed by atoms with Gasteiger partial charge in [0, 0.05) is 25.1 Å². The molecule has 0 radical (unpaired) electrons. The molecule has 0 bridgehead atoms. The molecule has 1 atom stereocenters. The largest absolute Gasteiger partial charge is 0.378 e. The van der Waals surface area contributed by atoms with Gasteiger partial charge in [0.05, 0.1) is 44.6 Å². The first-order valence-corrected chi connectivity index (χ1v) is 12.8. The van der Waals surface area contributed by atoms with Crippen LogP contribution in [0.5, 0.6) is 0 Å². The monoisotopic (exact) mass is 514 g/mol. The number of ketones is 1. The van der Waals surface area contributed by atoms with Crippen LogP contribution in [0.3, 0.4) is 0 Å². The Labute approximate surface area is 217 Å². The Bertz CT molecular complexity index is 728. The van der Waals surface area contributed by atoms with Crippen LogP contribution in [0.25, 0.3) is 0 Å². The number of ether oxygens (including phenoxy) is 1. The molecule has 11 nitrogen and oxygen atoms in total. The predicted octanol–water partition coefficient (Wildman–Crippen LogP) is 0.861. The zero-order valence-electron chi connectivity index (χ0n) is 23.7. The number of nitrogens with one attached hydrogen (secondary N) is 1. The van der Waals surface area contributed by atoms with Crippen molar-refractivity contribution in [2.75, 3.05) is 46.2 Å². The van der Waals surface area contributed by atoms with Gasteiger partial charge in [-0.15, -0.1) is 0 Å². The van der Waals surface area contributed by atoms with Crippen LogP contribution >= 0.6 is 0 Å². The van der Waals surface area contributed by atoms with E-state index in [1.807, 2.05) is 34.6 Å². The standard InChI is InChI=1S/C23H44N6O5.C2H6/c1-17(30)7-8-18(2)34-10-9-23(5,6)26-12-20(32)28-14-27(19(31)11-24)15-29(16-28)21(33)22(3,4)13-25;1-2/h18,26H,7-16,24-25H2,1-6H3;1-2H3. The quantitative estimate of drug-likeness (QED) is 0.327. The van der Waals surface area contributed by atoms with Crippen LogP contribution < -0.4 is 16.8 Å². The minimum Gasteiger partial charge on any atom is -0.378 e. The lowest BCUT2D eigenvalue weighted by Crippen LogP contribution is -2.63. The maximum atomic E-state index is 13.0. The summed E-state index contributed by atoms with van der Waals surface area (Å²) in [5.74, 6) is -0.661. The maximum absolute atomic E-state index is 13.0. The Morgan fingerprint density at radius 3 is 1.97 bits per heavy atom. The van der Waals surface area contributed by atoms with Gasteiger partial charge in [0.1, 0.15) is 5.78 Å². The van der Waals surface area contributed by atoms with Crippen LogP contribution in [0, 0.1) is 5.41 Å². The van der Waals surface area contributed by atoms with Crippen molar-refractivity contribution in [1.82, 2.24) is 20.0 Å². The molecule has 1 aliphatic rings. The Kier molecular flexibility index (Phi) is 15.0. The number of carbonyl (C=O) groups is 4. The summed E-state index contributed by atoms with van der Waals surface area (Å²) in [7, 11) is 0. The van der Waals surface area contributed by atoms with E-state index >= 15 is 0 Å². The first-order chi connectivity index (χ1) is 16.7. The summed E-state index contributed by atoms with van der Waals surface area (Å²) in [6.45, 7) is 15.6. The molecule has 0 saturated carbocycles. The number of nitrogens with two attached hydrogens (primary N) is 2. The highest BCUT2D eigenvalue weighted by Gasteiger charge is 2.37. The zero-order valence-corrected chi connectivity index (χ0v) is 23.7. The fourth-order valence-electron chi connectivity index (χ4n) is 3.36. The van der Waals surface area contributed by atoms with Gasteiger partial charge < -0.3 is 41.0 Å². The van der Waals surface area contributed by atoms with E-state index in [-0.39, 0.29) is 74.8 Å². The molecule has 1 fully saturated rings. The molecule has 0 aliphatic carbocycles. The molecule has 5 N–H and O–H groups in total. The van der Waals surface area contributed by atoms with E-state index in [4.69, 9.17) is 16.2 Å². The highest BCUT2D eigenvalue weighted by Crippen LogP contribution is 2.20. The van der Waals surface area contributed by atoms with E-state index in [1.54, 1.807) is 20.8 Å². The summed E-state index contributed by atoms with van der Waals surface area (Å²) in [6, 6.07) is 0. The van der Waals surface area contributed by atoms with Crippen molar-refractivity contribution in [2.24, 2.45) is 16.9 Å². The second-order valence-corrected chi connectivity index (χ2v) is 10.3. The summed E-state index contributed by atoms with van der Waals surface area (Å²) in [5.41, 5.74) is 10.1. The number of hydrogen-bond acceptors (Lipinski definition) is 8. The van der Waals surface area contributed by atoms with Gasteiger partial charge >= 0.3 is 0 Å². The number of carbonyl (C=O) groups excluding carboxylic acids is 4. The van der Waals surface area contributed by atoms with Crippen molar-refractivity contribution in [3.8, 4) is 0 Å². The maximum Gasteiger partial charge on any atom is 0.239 e. The third kappa shape index (κ3) is 11.8. The van der Waals surface area contributed by atoms with Crippen molar-refractivity contribution in [3.63, 3.8) is 0 Å². The number of rotatable bonds is 13. The summed E-state index contributed by atoms with van der Waals surface area (Å²) in [6.07, 6.45) is 1.84. The average molecular weight is 515 g/mol. The average Bonchev–Trinajstić information content (AvgIpc) is 2.85. The topological polar surface area (TPSA) is 151 Å². The molecule has 11 heteroatoms. The van der Waals surface area contributed by atoms with Gasteiger partial charge in [0.15, 0.2) is 0 Å². The fourth-order valence-corrected chi connectivity index (χ4v) is 3.36. The number of hydrogen-bond donors (Lipinski definition) is 3. The van der Waals surface area contributed by atoms with Gasteiger partial charge in [0.2, 0.25) is 17.7 Å². The van der Waals surface area contributed by atoms with E-state index in [9.17, 15) is 19.2 Å². The molecule has 1 unspecified atom stereocenters. The molecule has 0 aromatic rings. The molecular weight excluding hydrogens is 464 g/mol. The minimum atomic E-state index is -0.814. The first-order valence-electron chi connectivity index (χ1n) is 12.8. The van der Waals surface area contributed by atoms with Crippen LogP contribution in [0.15, 0.2) is 0 Å². The van der Waals surface area contributed by atoms with Gasteiger partial charge in [-0.1, -0.05) is 13.8 Å². The molecule has 3 amide bonds. The van der Waals surface area contributed by atoms with Gasteiger partial charge in [-0.05, 0) is 54.4 Å². The molecule has 0 aromatic carbocycles. The lowest BCUT2D eigenvalue weighted by atomic mass is 9.92. The van der Waals surface area contributed by atoms with E-state index in [0.717, 1.165) is 0 Å². The Morgan fingerprint density at radius 1 is 0.944 bits per heavy atom. The lowest BCUT2D eigenvalue weighted by molar-refractivity contribution is -0.162. The Balaban J connectivity index is 0.00000596. The lowest BCUT2D eigenvalue weighted by Gasteiger charge is -2.44. The van der Waals surface area contributed by atoms with E-state index in [0.29, 0.717) is 25.9 Å². The van der Waals surface area contributed by atoms with Gasteiger partial charge in [0.25, 0.3) is 0 Å². The van der Waals surface area contributed by atoms with Crippen molar-refractivity contribution in [2.45, 2.75) is 86.3 Å². The number of nitrogens with zero attached hydrogens (tertiary/aromatic N) is 3. The summed E-state index contributed by atoms with van der Waals surface area (Å²) >= 11 is 0. The molecular formula is C25H50N6O5. The molecule has 1 aliphatic heterocycles. The number of amides is 3. The van der Waals surface area contributed by atoms with E-state index in [2.05, 4.69) is 5.32 Å². The Hall–Kier alpha value is -2.08. The summed E-state index contributed by atoms with van der Waals surface area (Å²) in [5, 5.41) is 3.25. The van der Waals surface area contributed by atoms with Crippen LogP contribution in [-0.4, -0.2) is 96.1 Å². The van der Waals surface area contributed by atoms with Crippen molar-refractivity contribution < 1.29 is 23.9 Å². The summed E-state index contributed by atoms with van der Waals surface area (Å²) in [4.78, 5) is 53.6. The summed E-state index contributed by atoms with van der Waals surface area (Å²) < 4.78 is 5.79.